The first-order valence-corrected chi connectivity index (χ1v) is 14.3. The van der Waals surface area contributed by atoms with Crippen LogP contribution in [0.4, 0.5) is 5.69 Å². The molecule has 1 amide bonds. The Morgan fingerprint density at radius 2 is 1.70 bits per heavy atom. The van der Waals surface area contributed by atoms with Gasteiger partial charge in [-0.05, 0) is 86.1 Å². The van der Waals surface area contributed by atoms with Crippen LogP contribution in [0.5, 0.6) is 17.4 Å². The number of anilines is 1. The van der Waals surface area contributed by atoms with E-state index in [0.717, 1.165) is 55.1 Å². The molecule has 220 valence electrons. The number of likely N-dealkylation sites (N-methyl/N-ethyl adjacent to an activating group) is 1. The van der Waals surface area contributed by atoms with Crippen molar-refractivity contribution in [2.24, 2.45) is 7.05 Å². The number of benzene rings is 3. The van der Waals surface area contributed by atoms with Gasteiger partial charge in [0.05, 0.1) is 6.20 Å². The van der Waals surface area contributed by atoms with E-state index < -0.39 is 0 Å². The van der Waals surface area contributed by atoms with E-state index in [0.29, 0.717) is 34.1 Å². The second-order valence-corrected chi connectivity index (χ2v) is 11.2. The van der Waals surface area contributed by atoms with Crippen molar-refractivity contribution in [1.29, 1.82) is 0 Å². The molecule has 0 spiro atoms. The van der Waals surface area contributed by atoms with Gasteiger partial charge in [-0.2, -0.15) is 10.1 Å². The molecule has 10 nitrogen and oxygen atoms in total. The summed E-state index contributed by atoms with van der Waals surface area (Å²) in [5, 5.41) is 17.7. The minimum atomic E-state index is -0.227. The topological polar surface area (TPSA) is 109 Å². The Morgan fingerprint density at radius 3 is 2.44 bits per heavy atom. The molecule has 2 aromatic heterocycles. The van der Waals surface area contributed by atoms with Gasteiger partial charge in [-0.3, -0.25) is 14.4 Å². The van der Waals surface area contributed by atoms with Gasteiger partial charge >= 0.3 is 0 Å². The fourth-order valence-electron chi connectivity index (χ4n) is 5.17. The summed E-state index contributed by atoms with van der Waals surface area (Å²) in [6.45, 7) is 9.21. The molecule has 1 aliphatic rings. The van der Waals surface area contributed by atoms with Gasteiger partial charge in [-0.25, -0.2) is 4.98 Å². The number of phenols is 1. The molecule has 1 aliphatic heterocycles. The number of piperazine rings is 1. The highest BCUT2D eigenvalue weighted by Gasteiger charge is 2.18. The molecule has 10 heteroatoms. The normalized spacial score (nSPS) is 14.2. The first-order valence-electron chi connectivity index (χ1n) is 14.3. The number of hydrogen-bond acceptors (Lipinski definition) is 8. The van der Waals surface area contributed by atoms with Crippen LogP contribution in [0, 0.1) is 13.8 Å². The fraction of sp³-hybridized carbons (Fsp3) is 0.273. The lowest BCUT2D eigenvalue weighted by Gasteiger charge is -2.32. The molecule has 0 aliphatic carbocycles. The van der Waals surface area contributed by atoms with Crippen LogP contribution in [-0.2, 0) is 13.6 Å². The van der Waals surface area contributed by atoms with Crippen LogP contribution in [0.25, 0.3) is 22.4 Å². The number of amides is 1. The maximum Gasteiger partial charge on any atom is 0.255 e. The molecule has 5 aromatic rings. The molecule has 43 heavy (non-hydrogen) atoms. The molecule has 6 rings (SSSR count). The van der Waals surface area contributed by atoms with E-state index >= 15 is 0 Å². The van der Waals surface area contributed by atoms with Crippen LogP contribution in [0.15, 0.2) is 66.9 Å². The van der Waals surface area contributed by atoms with Crippen molar-refractivity contribution in [3.8, 4) is 28.8 Å². The van der Waals surface area contributed by atoms with Crippen LogP contribution in [-0.4, -0.2) is 73.8 Å². The van der Waals surface area contributed by atoms with E-state index in [2.05, 4.69) is 50.2 Å². The quantitative estimate of drug-likeness (QED) is 0.274. The van der Waals surface area contributed by atoms with Gasteiger partial charge in [-0.1, -0.05) is 12.1 Å². The van der Waals surface area contributed by atoms with E-state index in [1.165, 1.54) is 5.56 Å². The monoisotopic (exact) mass is 577 g/mol. The number of hydrogen-bond donors (Lipinski definition) is 2. The predicted octanol–water partition coefficient (Wildman–Crippen LogP) is 5.14. The summed E-state index contributed by atoms with van der Waals surface area (Å²) in [7, 11) is 3.96. The maximum atomic E-state index is 13.3. The number of carbonyl (C=O) groups is 1. The summed E-state index contributed by atoms with van der Waals surface area (Å²) >= 11 is 0. The minimum absolute atomic E-state index is 0.157. The summed E-state index contributed by atoms with van der Waals surface area (Å²) in [4.78, 5) is 27.5. The maximum absolute atomic E-state index is 13.3. The van der Waals surface area contributed by atoms with Gasteiger partial charge in [-0.15, -0.1) is 0 Å². The zero-order chi connectivity index (χ0) is 30.1. The molecule has 2 N–H and O–H groups in total. The molecule has 0 saturated carbocycles. The average molecular weight is 578 g/mol. The Morgan fingerprint density at radius 1 is 0.930 bits per heavy atom. The zero-order valence-corrected chi connectivity index (χ0v) is 24.8. The number of aromatic hydroxyl groups is 1. The highest BCUT2D eigenvalue weighted by atomic mass is 16.5. The Balaban J connectivity index is 1.22. The third-order valence-corrected chi connectivity index (χ3v) is 7.93. The van der Waals surface area contributed by atoms with Crippen LogP contribution >= 0.6 is 0 Å². The zero-order valence-electron chi connectivity index (χ0n) is 24.8. The van der Waals surface area contributed by atoms with Gasteiger partial charge < -0.3 is 20.1 Å². The minimum Gasteiger partial charge on any atom is -0.508 e. The third kappa shape index (κ3) is 6.20. The van der Waals surface area contributed by atoms with E-state index in [1.54, 1.807) is 54.3 Å². The first kappa shape index (κ1) is 28.3. The summed E-state index contributed by atoms with van der Waals surface area (Å²) in [5.41, 5.74) is 5.81. The van der Waals surface area contributed by atoms with Crippen molar-refractivity contribution < 1.29 is 14.6 Å². The second-order valence-electron chi connectivity index (χ2n) is 11.2. The Labute approximate surface area is 250 Å². The van der Waals surface area contributed by atoms with E-state index in [4.69, 9.17) is 4.74 Å². The highest BCUT2D eigenvalue weighted by molar-refractivity contribution is 6.04. The number of aryl methyl sites for hydroxylation is 3. The Hall–Kier alpha value is -4.80. The van der Waals surface area contributed by atoms with Crippen molar-refractivity contribution >= 4 is 22.6 Å². The number of carbonyl (C=O) groups excluding carboxylic acids is 1. The van der Waals surface area contributed by atoms with Crippen molar-refractivity contribution in [1.82, 2.24) is 29.5 Å². The predicted molar refractivity (Wildman–Crippen MR) is 167 cm³/mol. The van der Waals surface area contributed by atoms with E-state index in [1.807, 2.05) is 25.1 Å². The van der Waals surface area contributed by atoms with Gasteiger partial charge in [0, 0.05) is 56.6 Å². The SMILES string of the molecule is Cc1cc(NC(=O)c2ccc(C)c(Oc3nc(-c4ccc(O)cc4)nc4c3cnn4C)c2)ccc1CN1CCN(C)CC1. The number of rotatable bonds is 7. The molecule has 0 radical (unpaired) electrons. The van der Waals surface area contributed by atoms with Crippen LogP contribution < -0.4 is 10.1 Å². The lowest BCUT2D eigenvalue weighted by molar-refractivity contribution is 0.102. The van der Waals surface area contributed by atoms with Crippen LogP contribution in [0.2, 0.25) is 0 Å². The van der Waals surface area contributed by atoms with Crippen molar-refractivity contribution in [3.05, 3.63) is 89.1 Å². The molecule has 0 atom stereocenters. The molecule has 1 fully saturated rings. The number of nitrogens with one attached hydrogen (secondary N) is 1. The summed E-state index contributed by atoms with van der Waals surface area (Å²) in [5.74, 6) is 1.20. The second kappa shape index (κ2) is 11.8. The Bertz CT molecular complexity index is 1790. The lowest BCUT2D eigenvalue weighted by Crippen LogP contribution is -2.43. The van der Waals surface area contributed by atoms with E-state index in [9.17, 15) is 9.90 Å². The smallest absolute Gasteiger partial charge is 0.255 e. The lowest BCUT2D eigenvalue weighted by atomic mass is 10.1. The Kier molecular flexibility index (Phi) is 7.79. The van der Waals surface area contributed by atoms with Crippen molar-refractivity contribution in [3.63, 3.8) is 0 Å². The molecule has 1 saturated heterocycles. The van der Waals surface area contributed by atoms with Crippen molar-refractivity contribution in [2.45, 2.75) is 20.4 Å². The van der Waals surface area contributed by atoms with Gasteiger partial charge in [0.2, 0.25) is 5.88 Å². The van der Waals surface area contributed by atoms with E-state index in [-0.39, 0.29) is 11.7 Å². The fourth-order valence-corrected chi connectivity index (χ4v) is 5.17. The van der Waals surface area contributed by atoms with Crippen LogP contribution in [0.3, 0.4) is 0 Å². The van der Waals surface area contributed by atoms with Gasteiger partial charge in [0.25, 0.3) is 5.91 Å². The number of ether oxygens (including phenoxy) is 1. The molecular weight excluding hydrogens is 542 g/mol. The third-order valence-electron chi connectivity index (χ3n) is 7.93. The van der Waals surface area contributed by atoms with Crippen molar-refractivity contribution in [2.75, 3.05) is 38.5 Å². The first-order chi connectivity index (χ1) is 20.7. The molecule has 3 heterocycles. The molecular formula is C33H35N7O3. The molecule has 3 aromatic carbocycles. The summed E-state index contributed by atoms with van der Waals surface area (Å²) < 4.78 is 7.99. The van der Waals surface area contributed by atoms with Gasteiger partial charge in [0.1, 0.15) is 16.9 Å². The number of phenolic OH excluding ortho intramolecular Hbond substituents is 1. The largest absolute Gasteiger partial charge is 0.508 e. The molecule has 0 unspecified atom stereocenters. The standard InChI is InChI=1S/C33H35N7O3/c1-21-5-6-24(32(42)35-26-10-7-25(22(2)17-26)20-40-15-13-38(3)14-16-40)18-29(21)43-33-28-19-34-39(4)31(28)36-30(37-33)23-8-11-27(41)12-9-23/h5-12,17-19,41H,13-16,20H2,1-4H3,(H,35,42). The summed E-state index contributed by atoms with van der Waals surface area (Å²) in [6.07, 6.45) is 1.66. The number of nitrogens with zero attached hydrogens (tertiary/aromatic N) is 6. The molecule has 0 bridgehead atoms. The van der Waals surface area contributed by atoms with Crippen LogP contribution in [0.1, 0.15) is 27.0 Å². The number of fused-ring (bicyclic) bond motifs is 1. The van der Waals surface area contributed by atoms with Gasteiger partial charge in [0.15, 0.2) is 11.5 Å². The number of aromatic nitrogens is 4. The highest BCUT2D eigenvalue weighted by Crippen LogP contribution is 2.32. The summed E-state index contributed by atoms with van der Waals surface area (Å²) in [6, 6.07) is 18.1. The average Bonchev–Trinajstić information content (AvgIpc) is 3.37.